The van der Waals surface area contributed by atoms with Crippen LogP contribution in [-0.4, -0.2) is 37.2 Å². The first kappa shape index (κ1) is 74.1. The number of hydrogen-bond donors (Lipinski definition) is 0. The molecule has 0 aromatic heterocycles. The average Bonchev–Trinajstić information content (AvgIpc) is 3.44. The van der Waals surface area contributed by atoms with Crippen molar-refractivity contribution in [3.05, 3.63) is 109 Å². The van der Waals surface area contributed by atoms with Gasteiger partial charge in [-0.05, 0) is 109 Å². The lowest BCUT2D eigenvalue weighted by atomic mass is 10.0. The first-order chi connectivity index (χ1) is 38.5. The lowest BCUT2D eigenvalue weighted by Crippen LogP contribution is -2.30. The Hall–Kier alpha value is -3.93. The minimum atomic E-state index is -0.806. The summed E-state index contributed by atoms with van der Waals surface area (Å²) in [5.41, 5.74) is 0. The second-order valence-corrected chi connectivity index (χ2v) is 21.6. The van der Waals surface area contributed by atoms with Gasteiger partial charge in [-0.3, -0.25) is 14.4 Å². The van der Waals surface area contributed by atoms with Gasteiger partial charge in [0, 0.05) is 19.3 Å². The third-order valence-electron chi connectivity index (χ3n) is 14.0. The van der Waals surface area contributed by atoms with Gasteiger partial charge in [-0.1, -0.05) is 291 Å². The van der Waals surface area contributed by atoms with E-state index < -0.39 is 6.10 Å². The molecule has 0 rings (SSSR count). The standard InChI is InChI=1S/C72H122O6/c1-4-7-10-13-16-19-22-25-28-31-34-36-38-41-44-47-50-53-56-59-62-65-71(74)77-68-69(67-76-70(73)64-61-58-55-52-49-46-43-40-33-30-27-24-21-18-15-12-9-6-3)78-72(75)66-63-60-57-54-51-48-45-42-39-37-35-32-29-26-23-20-17-14-11-8-5-2/h7,10,16,19,23,25-26,28,32,34-36,39,41-42,44,50,53,69H,4-6,8-9,11-15,17-18,20-22,24,27,29-31,33,37-38,40,43,45-49,51-52,54-68H2,1-3H3/b10-7-,19-16-,26-23-,28-25-,35-32-,36-34-,42-39-,44-41-,53-50-. The Balaban J connectivity index is 4.49. The van der Waals surface area contributed by atoms with Gasteiger partial charge in [0.1, 0.15) is 13.2 Å². The maximum Gasteiger partial charge on any atom is 0.306 e. The minimum absolute atomic E-state index is 0.0963. The molecule has 0 aliphatic rings. The van der Waals surface area contributed by atoms with E-state index in [2.05, 4.69) is 130 Å². The molecule has 78 heavy (non-hydrogen) atoms. The normalized spacial score (nSPS) is 12.8. The van der Waals surface area contributed by atoms with Gasteiger partial charge in [0.25, 0.3) is 0 Å². The van der Waals surface area contributed by atoms with Crippen molar-refractivity contribution in [3.63, 3.8) is 0 Å². The third-order valence-corrected chi connectivity index (χ3v) is 14.0. The summed E-state index contributed by atoms with van der Waals surface area (Å²) in [4.78, 5) is 38.4. The van der Waals surface area contributed by atoms with E-state index >= 15 is 0 Å². The molecule has 6 nitrogen and oxygen atoms in total. The fourth-order valence-corrected chi connectivity index (χ4v) is 9.10. The minimum Gasteiger partial charge on any atom is -0.462 e. The molecule has 0 aliphatic heterocycles. The molecule has 0 amide bonds. The van der Waals surface area contributed by atoms with Crippen molar-refractivity contribution in [1.29, 1.82) is 0 Å². The van der Waals surface area contributed by atoms with Crippen LogP contribution < -0.4 is 0 Å². The SMILES string of the molecule is CC/C=C\C/C=C\C/C=C\C/C=C\C/C=C\C/C=C\CCCCC(=O)OCC(COC(=O)CCCCCCCCCCCCCCCCCCCC)OC(=O)CCCCCCCC/C=C\C/C=C\C/C=C\CCCCCCC. The van der Waals surface area contributed by atoms with Gasteiger partial charge in [0.05, 0.1) is 0 Å². The van der Waals surface area contributed by atoms with Crippen LogP contribution in [0.4, 0.5) is 0 Å². The summed E-state index contributed by atoms with van der Waals surface area (Å²) in [7, 11) is 0. The molecule has 0 saturated heterocycles. The Bertz CT molecular complexity index is 1570. The molecule has 0 aliphatic carbocycles. The highest BCUT2D eigenvalue weighted by molar-refractivity contribution is 5.71. The maximum atomic E-state index is 12.9. The molecule has 0 bridgehead atoms. The van der Waals surface area contributed by atoms with E-state index in [1.54, 1.807) is 0 Å². The van der Waals surface area contributed by atoms with E-state index in [0.717, 1.165) is 122 Å². The topological polar surface area (TPSA) is 78.9 Å². The summed E-state index contributed by atoms with van der Waals surface area (Å²) in [6.07, 6.45) is 89.5. The van der Waals surface area contributed by atoms with Gasteiger partial charge in [-0.25, -0.2) is 0 Å². The molecule has 446 valence electrons. The summed E-state index contributed by atoms with van der Waals surface area (Å²) < 4.78 is 16.9. The molecule has 1 unspecified atom stereocenters. The van der Waals surface area contributed by atoms with Gasteiger partial charge in [0.15, 0.2) is 6.10 Å². The zero-order valence-electron chi connectivity index (χ0n) is 51.2. The van der Waals surface area contributed by atoms with E-state index in [9.17, 15) is 14.4 Å². The highest BCUT2D eigenvalue weighted by Crippen LogP contribution is 2.16. The summed E-state index contributed by atoms with van der Waals surface area (Å²) in [6, 6.07) is 0. The monoisotopic (exact) mass is 1080 g/mol. The largest absolute Gasteiger partial charge is 0.462 e. The summed E-state index contributed by atoms with van der Waals surface area (Å²) >= 11 is 0. The summed E-state index contributed by atoms with van der Waals surface area (Å²) in [6.45, 7) is 6.50. The maximum absolute atomic E-state index is 12.9. The predicted octanol–water partition coefficient (Wildman–Crippen LogP) is 22.6. The Morgan fingerprint density at radius 2 is 0.500 bits per heavy atom. The number of hydrogen-bond acceptors (Lipinski definition) is 6. The van der Waals surface area contributed by atoms with Crippen LogP contribution in [0.3, 0.4) is 0 Å². The van der Waals surface area contributed by atoms with Crippen molar-refractivity contribution in [2.75, 3.05) is 13.2 Å². The summed E-state index contributed by atoms with van der Waals surface area (Å²) in [5.74, 6) is -0.944. The van der Waals surface area contributed by atoms with Gasteiger partial charge in [0.2, 0.25) is 0 Å². The van der Waals surface area contributed by atoms with Crippen molar-refractivity contribution < 1.29 is 28.6 Å². The van der Waals surface area contributed by atoms with Crippen LogP contribution in [-0.2, 0) is 28.6 Å². The molecular weight excluding hydrogens is 961 g/mol. The number of rotatable bonds is 59. The number of unbranched alkanes of at least 4 members (excludes halogenated alkanes) is 30. The number of esters is 3. The highest BCUT2D eigenvalue weighted by Gasteiger charge is 2.19. The van der Waals surface area contributed by atoms with Crippen LogP contribution in [0, 0.1) is 0 Å². The smallest absolute Gasteiger partial charge is 0.306 e. The molecule has 1 atom stereocenters. The lowest BCUT2D eigenvalue weighted by Gasteiger charge is -2.18. The van der Waals surface area contributed by atoms with E-state index in [-0.39, 0.29) is 31.1 Å². The van der Waals surface area contributed by atoms with Crippen LogP contribution in [0.2, 0.25) is 0 Å². The van der Waals surface area contributed by atoms with Crippen LogP contribution in [0.25, 0.3) is 0 Å². The highest BCUT2D eigenvalue weighted by atomic mass is 16.6. The molecule has 0 radical (unpaired) electrons. The van der Waals surface area contributed by atoms with Crippen molar-refractivity contribution in [2.24, 2.45) is 0 Å². The summed E-state index contributed by atoms with van der Waals surface area (Å²) in [5, 5.41) is 0. The predicted molar refractivity (Wildman–Crippen MR) is 339 cm³/mol. The first-order valence-corrected chi connectivity index (χ1v) is 32.9. The third kappa shape index (κ3) is 62.9. The van der Waals surface area contributed by atoms with Crippen LogP contribution in [0.5, 0.6) is 0 Å². The first-order valence-electron chi connectivity index (χ1n) is 32.9. The van der Waals surface area contributed by atoms with Crippen molar-refractivity contribution in [3.8, 4) is 0 Å². The number of ether oxygens (including phenoxy) is 3. The van der Waals surface area contributed by atoms with E-state index in [4.69, 9.17) is 14.2 Å². The fourth-order valence-electron chi connectivity index (χ4n) is 9.10. The Labute approximate surface area is 482 Å². The van der Waals surface area contributed by atoms with Crippen LogP contribution in [0.1, 0.15) is 310 Å². The zero-order valence-corrected chi connectivity index (χ0v) is 51.2. The van der Waals surface area contributed by atoms with Gasteiger partial charge < -0.3 is 14.2 Å². The number of allylic oxidation sites excluding steroid dienone is 18. The molecule has 0 N–H and O–H groups in total. The van der Waals surface area contributed by atoms with Crippen molar-refractivity contribution in [2.45, 2.75) is 316 Å². The molecule has 0 saturated carbocycles. The quantitative estimate of drug-likeness (QED) is 0.0261. The number of carbonyl (C=O) groups excluding carboxylic acids is 3. The van der Waals surface area contributed by atoms with Gasteiger partial charge in [-0.2, -0.15) is 0 Å². The Morgan fingerprint density at radius 3 is 0.808 bits per heavy atom. The number of carbonyl (C=O) groups is 3. The molecule has 0 aromatic carbocycles. The van der Waals surface area contributed by atoms with E-state index in [1.165, 1.54) is 148 Å². The van der Waals surface area contributed by atoms with Crippen LogP contribution in [0.15, 0.2) is 109 Å². The molecule has 0 heterocycles. The van der Waals surface area contributed by atoms with E-state index in [0.29, 0.717) is 19.3 Å². The second-order valence-electron chi connectivity index (χ2n) is 21.6. The molecule has 0 aromatic rings. The van der Waals surface area contributed by atoms with Crippen molar-refractivity contribution >= 4 is 17.9 Å². The molecule has 0 spiro atoms. The lowest BCUT2D eigenvalue weighted by molar-refractivity contribution is -0.167. The Kier molecular flexibility index (Phi) is 62.3. The fraction of sp³-hybridized carbons (Fsp3) is 0.708. The van der Waals surface area contributed by atoms with Gasteiger partial charge in [-0.15, -0.1) is 0 Å². The zero-order chi connectivity index (χ0) is 56.4. The molecule has 6 heteroatoms. The van der Waals surface area contributed by atoms with Crippen molar-refractivity contribution in [1.82, 2.24) is 0 Å². The second kappa shape index (κ2) is 65.6. The van der Waals surface area contributed by atoms with E-state index in [1.807, 2.05) is 0 Å². The molecular formula is C72H122O6. The Morgan fingerprint density at radius 1 is 0.269 bits per heavy atom. The average molecular weight is 1080 g/mol. The van der Waals surface area contributed by atoms with Crippen LogP contribution >= 0.6 is 0 Å². The molecule has 0 fully saturated rings. The van der Waals surface area contributed by atoms with Gasteiger partial charge >= 0.3 is 17.9 Å².